The van der Waals surface area contributed by atoms with Gasteiger partial charge in [0.15, 0.2) is 5.79 Å². The molecule has 1 heterocycles. The predicted octanol–water partition coefficient (Wildman–Crippen LogP) is 3.80. The summed E-state index contributed by atoms with van der Waals surface area (Å²) >= 11 is 0. The maximum absolute atomic E-state index is 11.7. The first kappa shape index (κ1) is 18.6. The standard InChI is InChI=1S/C23H36O4/c1-15-12-26-23(27-13-15)10-6-17-11-16-5-8-21(2)19(3-4-20(21)24)18(16)7-9-22(17,25)14-23/h5,15,17-20,24-25H,3-4,6-14H2,1-2H3. The van der Waals surface area contributed by atoms with E-state index in [9.17, 15) is 10.2 Å². The first-order valence-electron chi connectivity index (χ1n) is 11.2. The summed E-state index contributed by atoms with van der Waals surface area (Å²) in [6.45, 7) is 5.93. The second-order valence-corrected chi connectivity index (χ2v) is 10.7. The van der Waals surface area contributed by atoms with Crippen molar-refractivity contribution in [3.05, 3.63) is 11.6 Å². The minimum atomic E-state index is -0.676. The second-order valence-electron chi connectivity index (χ2n) is 10.7. The van der Waals surface area contributed by atoms with Crippen molar-refractivity contribution in [2.45, 2.75) is 89.1 Å². The van der Waals surface area contributed by atoms with Gasteiger partial charge in [-0.1, -0.05) is 25.5 Å². The van der Waals surface area contributed by atoms with Gasteiger partial charge >= 0.3 is 0 Å². The molecule has 6 atom stereocenters. The van der Waals surface area contributed by atoms with Gasteiger partial charge in [0.1, 0.15) is 0 Å². The van der Waals surface area contributed by atoms with Crippen molar-refractivity contribution in [2.75, 3.05) is 13.2 Å². The van der Waals surface area contributed by atoms with Gasteiger partial charge in [-0.15, -0.1) is 0 Å². The smallest absolute Gasteiger partial charge is 0.171 e. The number of aliphatic hydroxyl groups excluding tert-OH is 1. The Labute approximate surface area is 163 Å². The molecule has 4 fully saturated rings. The fourth-order valence-corrected chi connectivity index (χ4v) is 7.14. The molecule has 6 unspecified atom stereocenters. The van der Waals surface area contributed by atoms with Crippen molar-refractivity contribution in [3.8, 4) is 0 Å². The Morgan fingerprint density at radius 3 is 2.63 bits per heavy atom. The van der Waals surface area contributed by atoms with Gasteiger partial charge in [-0.05, 0) is 62.7 Å². The Morgan fingerprint density at radius 1 is 1.07 bits per heavy atom. The molecule has 5 rings (SSSR count). The molecule has 0 radical (unpaired) electrons. The predicted molar refractivity (Wildman–Crippen MR) is 103 cm³/mol. The van der Waals surface area contributed by atoms with Crippen molar-refractivity contribution in [3.63, 3.8) is 0 Å². The van der Waals surface area contributed by atoms with E-state index in [0.29, 0.717) is 30.1 Å². The molecule has 152 valence electrons. The summed E-state index contributed by atoms with van der Waals surface area (Å²) < 4.78 is 12.3. The zero-order chi connectivity index (χ0) is 18.9. The van der Waals surface area contributed by atoms with E-state index in [1.54, 1.807) is 5.57 Å². The first-order valence-corrected chi connectivity index (χ1v) is 11.2. The molecule has 1 aliphatic heterocycles. The third kappa shape index (κ3) is 2.86. The van der Waals surface area contributed by atoms with Crippen LogP contribution in [-0.4, -0.2) is 40.9 Å². The van der Waals surface area contributed by atoms with Crippen molar-refractivity contribution in [1.82, 2.24) is 0 Å². The van der Waals surface area contributed by atoms with Gasteiger partial charge in [0, 0.05) is 24.2 Å². The number of aliphatic hydroxyl groups is 2. The molecular weight excluding hydrogens is 340 g/mol. The molecule has 4 nitrogen and oxygen atoms in total. The van der Waals surface area contributed by atoms with Gasteiger partial charge < -0.3 is 19.7 Å². The highest BCUT2D eigenvalue weighted by molar-refractivity contribution is 5.23. The molecule has 3 saturated carbocycles. The summed E-state index contributed by atoms with van der Waals surface area (Å²) in [5.41, 5.74) is 0.937. The number of allylic oxidation sites excluding steroid dienone is 2. The minimum Gasteiger partial charge on any atom is -0.393 e. The minimum absolute atomic E-state index is 0.0409. The maximum atomic E-state index is 11.7. The average molecular weight is 377 g/mol. The summed E-state index contributed by atoms with van der Waals surface area (Å²) in [6.07, 6.45) is 10.8. The highest BCUT2D eigenvalue weighted by Gasteiger charge is 2.57. The molecule has 5 aliphatic rings. The lowest BCUT2D eigenvalue weighted by molar-refractivity contribution is -0.320. The van der Waals surface area contributed by atoms with Crippen LogP contribution in [0, 0.1) is 29.1 Å². The quantitative estimate of drug-likeness (QED) is 0.631. The molecule has 0 aromatic heterocycles. The van der Waals surface area contributed by atoms with Crippen LogP contribution in [0.25, 0.3) is 0 Å². The fraction of sp³-hybridized carbons (Fsp3) is 0.913. The zero-order valence-electron chi connectivity index (χ0n) is 17.0. The van der Waals surface area contributed by atoms with Crippen molar-refractivity contribution in [1.29, 1.82) is 0 Å². The van der Waals surface area contributed by atoms with Crippen molar-refractivity contribution >= 4 is 0 Å². The Bertz CT molecular complexity index is 622. The van der Waals surface area contributed by atoms with E-state index >= 15 is 0 Å². The summed E-state index contributed by atoms with van der Waals surface area (Å²) in [4.78, 5) is 0. The number of hydrogen-bond acceptors (Lipinski definition) is 4. The first-order chi connectivity index (χ1) is 12.8. The van der Waals surface area contributed by atoms with Crippen LogP contribution in [0.5, 0.6) is 0 Å². The monoisotopic (exact) mass is 376 g/mol. The average Bonchev–Trinajstić information content (AvgIpc) is 2.86. The van der Waals surface area contributed by atoms with Crippen LogP contribution in [0.4, 0.5) is 0 Å². The SMILES string of the molecule is CC1COC2(CCC3CC4=CCC5(C)C(O)CCC5C4CCC3(O)C2)OC1. The molecule has 0 aromatic carbocycles. The van der Waals surface area contributed by atoms with Crippen molar-refractivity contribution < 1.29 is 19.7 Å². The maximum Gasteiger partial charge on any atom is 0.171 e. The molecule has 27 heavy (non-hydrogen) atoms. The van der Waals surface area contributed by atoms with Gasteiger partial charge in [-0.3, -0.25) is 0 Å². The highest BCUT2D eigenvalue weighted by Crippen LogP contribution is 2.59. The van der Waals surface area contributed by atoms with Gasteiger partial charge in [-0.2, -0.15) is 0 Å². The van der Waals surface area contributed by atoms with Gasteiger partial charge in [0.2, 0.25) is 0 Å². The van der Waals surface area contributed by atoms with Crippen LogP contribution in [0.1, 0.15) is 71.6 Å². The highest BCUT2D eigenvalue weighted by atomic mass is 16.7. The van der Waals surface area contributed by atoms with E-state index in [1.807, 2.05) is 0 Å². The Hall–Kier alpha value is -0.420. The zero-order valence-corrected chi connectivity index (χ0v) is 17.0. The van der Waals surface area contributed by atoms with E-state index in [-0.39, 0.29) is 11.5 Å². The van der Waals surface area contributed by atoms with E-state index in [2.05, 4.69) is 19.9 Å². The molecule has 0 amide bonds. The lowest BCUT2D eigenvalue weighted by Gasteiger charge is -2.50. The van der Waals surface area contributed by atoms with Crippen molar-refractivity contribution in [2.24, 2.45) is 29.1 Å². The number of ether oxygens (including phenoxy) is 2. The third-order valence-corrected chi connectivity index (χ3v) is 8.97. The Balaban J connectivity index is 1.38. The molecule has 1 spiro atoms. The van der Waals surface area contributed by atoms with E-state index in [0.717, 1.165) is 64.6 Å². The largest absolute Gasteiger partial charge is 0.393 e. The molecule has 2 N–H and O–H groups in total. The summed E-state index contributed by atoms with van der Waals surface area (Å²) in [6, 6.07) is 0. The number of hydrogen-bond donors (Lipinski definition) is 2. The van der Waals surface area contributed by atoms with Gasteiger partial charge in [0.05, 0.1) is 24.9 Å². The third-order valence-electron chi connectivity index (χ3n) is 8.97. The summed E-state index contributed by atoms with van der Waals surface area (Å²) in [7, 11) is 0. The number of fused-ring (bicyclic) bond motifs is 4. The van der Waals surface area contributed by atoms with Crippen LogP contribution in [-0.2, 0) is 9.47 Å². The van der Waals surface area contributed by atoms with E-state index < -0.39 is 11.4 Å². The molecule has 4 heteroatoms. The number of rotatable bonds is 0. The topological polar surface area (TPSA) is 58.9 Å². The van der Waals surface area contributed by atoms with Crippen LogP contribution >= 0.6 is 0 Å². The van der Waals surface area contributed by atoms with Gasteiger partial charge in [-0.25, -0.2) is 0 Å². The lowest BCUT2D eigenvalue weighted by Crippen LogP contribution is -2.55. The summed E-state index contributed by atoms with van der Waals surface area (Å²) in [5, 5.41) is 22.3. The Morgan fingerprint density at radius 2 is 1.85 bits per heavy atom. The van der Waals surface area contributed by atoms with Gasteiger partial charge in [0.25, 0.3) is 0 Å². The molecule has 0 bridgehead atoms. The molecule has 4 aliphatic carbocycles. The van der Waals surface area contributed by atoms with E-state index in [1.165, 1.54) is 0 Å². The summed E-state index contributed by atoms with van der Waals surface area (Å²) in [5.74, 6) is 1.32. The van der Waals surface area contributed by atoms with Crippen LogP contribution in [0.2, 0.25) is 0 Å². The van der Waals surface area contributed by atoms with Crippen LogP contribution in [0.3, 0.4) is 0 Å². The normalized spacial score (nSPS) is 55.3. The second kappa shape index (κ2) is 6.29. The van der Waals surface area contributed by atoms with Crippen LogP contribution in [0.15, 0.2) is 11.6 Å². The molecular formula is C23H36O4. The Kier molecular flexibility index (Phi) is 4.33. The fourth-order valence-electron chi connectivity index (χ4n) is 7.14. The molecule has 1 saturated heterocycles. The van der Waals surface area contributed by atoms with Crippen LogP contribution < -0.4 is 0 Å². The molecule has 0 aromatic rings. The lowest BCUT2D eigenvalue weighted by atomic mass is 9.62. The van der Waals surface area contributed by atoms with E-state index in [4.69, 9.17) is 9.47 Å².